The predicted octanol–water partition coefficient (Wildman–Crippen LogP) is 5.41. The van der Waals surface area contributed by atoms with Gasteiger partial charge in [0.1, 0.15) is 23.2 Å². The third-order valence-electron chi connectivity index (χ3n) is 6.18. The Morgan fingerprint density at radius 1 is 1.09 bits per heavy atom. The molecule has 0 radical (unpaired) electrons. The third kappa shape index (κ3) is 4.23. The second-order valence-electron chi connectivity index (χ2n) is 8.84. The molecule has 3 aromatic rings. The van der Waals surface area contributed by atoms with Crippen LogP contribution in [0, 0.1) is 5.92 Å². The fourth-order valence-electron chi connectivity index (χ4n) is 4.46. The van der Waals surface area contributed by atoms with Gasteiger partial charge in [-0.25, -0.2) is 0 Å². The van der Waals surface area contributed by atoms with E-state index in [9.17, 15) is 20.1 Å². The quantitative estimate of drug-likeness (QED) is 0.382. The molecule has 2 atom stereocenters. The van der Waals surface area contributed by atoms with Crippen LogP contribution in [-0.2, 0) is 0 Å². The van der Waals surface area contributed by atoms with Crippen molar-refractivity contribution in [1.29, 1.82) is 0 Å². The number of phenols is 3. The van der Waals surface area contributed by atoms with Gasteiger partial charge in [-0.05, 0) is 41.7 Å². The van der Waals surface area contributed by atoms with Crippen molar-refractivity contribution in [2.45, 2.75) is 45.1 Å². The summed E-state index contributed by atoms with van der Waals surface area (Å²) in [5.74, 6) is -0.651. The summed E-state index contributed by atoms with van der Waals surface area (Å²) in [7, 11) is 1.35. The van der Waals surface area contributed by atoms with Crippen molar-refractivity contribution in [3.05, 3.63) is 65.0 Å². The van der Waals surface area contributed by atoms with E-state index in [-0.39, 0.29) is 46.7 Å². The minimum Gasteiger partial charge on any atom is -0.508 e. The molecular formula is C26H29NO6. The van der Waals surface area contributed by atoms with Crippen LogP contribution in [0.15, 0.2) is 42.7 Å². The van der Waals surface area contributed by atoms with Crippen molar-refractivity contribution in [3.63, 3.8) is 0 Å². The number of methoxy groups -OCH3 is 1. The summed E-state index contributed by atoms with van der Waals surface area (Å²) in [6.45, 7) is 4.25. The monoisotopic (exact) mass is 451 g/mol. The first-order valence-electron chi connectivity index (χ1n) is 11.1. The first-order valence-corrected chi connectivity index (χ1v) is 11.1. The topological polar surface area (TPSA) is 112 Å². The largest absolute Gasteiger partial charge is 0.508 e. The van der Waals surface area contributed by atoms with Crippen LogP contribution in [0.1, 0.15) is 72.2 Å². The smallest absolute Gasteiger partial charge is 0.204 e. The Kier molecular flexibility index (Phi) is 6.22. The molecule has 4 rings (SSSR count). The zero-order chi connectivity index (χ0) is 23.7. The van der Waals surface area contributed by atoms with E-state index in [0.29, 0.717) is 23.5 Å². The lowest BCUT2D eigenvalue weighted by Crippen LogP contribution is -2.23. The number of carbonyl (C=O) groups excluding carboxylic acids is 1. The second kappa shape index (κ2) is 9.10. The van der Waals surface area contributed by atoms with Crippen molar-refractivity contribution in [2.75, 3.05) is 7.11 Å². The highest BCUT2D eigenvalue weighted by atomic mass is 16.5. The van der Waals surface area contributed by atoms with Gasteiger partial charge in [-0.3, -0.25) is 4.79 Å². The van der Waals surface area contributed by atoms with Gasteiger partial charge in [0.2, 0.25) is 5.75 Å². The van der Waals surface area contributed by atoms with Crippen LogP contribution in [-0.4, -0.2) is 33.2 Å². The second-order valence-corrected chi connectivity index (χ2v) is 8.84. The Morgan fingerprint density at radius 2 is 1.82 bits per heavy atom. The van der Waals surface area contributed by atoms with Crippen LogP contribution in [0.3, 0.4) is 0 Å². The average molecular weight is 452 g/mol. The molecule has 0 fully saturated rings. The number of aromatic hydroxyl groups is 3. The van der Waals surface area contributed by atoms with Gasteiger partial charge in [0, 0.05) is 23.9 Å². The Bertz CT molecular complexity index is 1130. The van der Waals surface area contributed by atoms with Gasteiger partial charge < -0.3 is 29.8 Å². The molecule has 1 aliphatic rings. The van der Waals surface area contributed by atoms with Crippen LogP contribution < -0.4 is 9.47 Å². The number of phenolic OH excluding ortho intramolecular Hbond substituents is 3. The molecule has 0 amide bonds. The lowest BCUT2D eigenvalue weighted by Gasteiger charge is -2.31. The summed E-state index contributed by atoms with van der Waals surface area (Å²) < 4.78 is 11.6. The minimum atomic E-state index is -0.617. The number of benzene rings is 2. The summed E-state index contributed by atoms with van der Waals surface area (Å²) in [6.07, 6.45) is 4.64. The SMILES string of the molecule is COc1c(O)c2c(c(C(CCC(C)C)c3cc[nH]c3)c1O)OC(c1ccc(O)cc1)CC2=O. The maximum absolute atomic E-state index is 13.2. The molecule has 0 saturated heterocycles. The van der Waals surface area contributed by atoms with Crippen LogP contribution >= 0.6 is 0 Å². The number of H-pyrrole nitrogens is 1. The summed E-state index contributed by atoms with van der Waals surface area (Å²) in [5.41, 5.74) is 2.10. The summed E-state index contributed by atoms with van der Waals surface area (Å²) >= 11 is 0. The number of aromatic amines is 1. The predicted molar refractivity (Wildman–Crippen MR) is 123 cm³/mol. The fourth-order valence-corrected chi connectivity index (χ4v) is 4.46. The molecule has 174 valence electrons. The molecule has 2 heterocycles. The number of nitrogens with one attached hydrogen (secondary N) is 1. The number of aromatic nitrogens is 1. The van der Waals surface area contributed by atoms with Gasteiger partial charge in [0.25, 0.3) is 0 Å². The summed E-state index contributed by atoms with van der Waals surface area (Å²) in [4.78, 5) is 16.3. The lowest BCUT2D eigenvalue weighted by atomic mass is 9.82. The van der Waals surface area contributed by atoms with Crippen LogP contribution in [0.4, 0.5) is 0 Å². The first-order chi connectivity index (χ1) is 15.8. The van der Waals surface area contributed by atoms with Gasteiger partial charge in [0.05, 0.1) is 13.5 Å². The molecule has 7 heteroatoms. The van der Waals surface area contributed by atoms with E-state index in [1.54, 1.807) is 12.1 Å². The van der Waals surface area contributed by atoms with E-state index in [0.717, 1.165) is 12.0 Å². The normalized spacial score (nSPS) is 16.4. The number of carbonyl (C=O) groups is 1. The Balaban J connectivity index is 1.90. The summed E-state index contributed by atoms with van der Waals surface area (Å²) in [6, 6.07) is 8.40. The van der Waals surface area contributed by atoms with Gasteiger partial charge in [0.15, 0.2) is 17.3 Å². The highest BCUT2D eigenvalue weighted by molar-refractivity contribution is 6.04. The number of fused-ring (bicyclic) bond motifs is 1. The summed E-state index contributed by atoms with van der Waals surface area (Å²) in [5, 5.41) is 31.7. The molecule has 0 saturated carbocycles. The molecule has 1 aliphatic heterocycles. The fraction of sp³-hybridized carbons (Fsp3) is 0.346. The molecule has 2 unspecified atom stereocenters. The number of hydrogen-bond donors (Lipinski definition) is 4. The molecule has 0 bridgehead atoms. The van der Waals surface area contributed by atoms with Crippen LogP contribution in [0.5, 0.6) is 28.7 Å². The van der Waals surface area contributed by atoms with Gasteiger partial charge in [-0.1, -0.05) is 32.4 Å². The third-order valence-corrected chi connectivity index (χ3v) is 6.18. The maximum Gasteiger partial charge on any atom is 0.204 e. The molecule has 0 aliphatic carbocycles. The van der Waals surface area contributed by atoms with Crippen LogP contribution in [0.25, 0.3) is 0 Å². The molecule has 1 aromatic heterocycles. The van der Waals surface area contributed by atoms with Gasteiger partial charge in [-0.2, -0.15) is 0 Å². The van der Waals surface area contributed by atoms with Crippen molar-refractivity contribution in [3.8, 4) is 28.7 Å². The molecular weight excluding hydrogens is 422 g/mol. The Labute approximate surface area is 192 Å². The maximum atomic E-state index is 13.2. The van der Waals surface area contributed by atoms with E-state index in [2.05, 4.69) is 18.8 Å². The standard InChI is InChI=1S/C26H29NO6/c1-14(2)4-9-18(16-10-11-27-13-16)21-23(30)26(32-3)24(31)22-19(29)12-20(33-25(21)22)15-5-7-17(28)8-6-15/h5-8,10-11,13-14,18,20,27-28,30-31H,4,9,12H2,1-3H3. The number of rotatable bonds is 7. The number of ether oxygens (including phenoxy) is 2. The number of ketones is 1. The molecule has 4 N–H and O–H groups in total. The highest BCUT2D eigenvalue weighted by Crippen LogP contribution is 2.55. The molecule has 2 aromatic carbocycles. The van der Waals surface area contributed by atoms with Gasteiger partial charge >= 0.3 is 0 Å². The molecule has 0 spiro atoms. The van der Waals surface area contributed by atoms with E-state index in [4.69, 9.17) is 9.47 Å². The Morgan fingerprint density at radius 3 is 2.42 bits per heavy atom. The zero-order valence-electron chi connectivity index (χ0n) is 19.0. The van der Waals surface area contributed by atoms with Gasteiger partial charge in [-0.15, -0.1) is 0 Å². The lowest BCUT2D eigenvalue weighted by molar-refractivity contribution is 0.0839. The van der Waals surface area contributed by atoms with E-state index in [1.165, 1.54) is 19.2 Å². The van der Waals surface area contributed by atoms with Crippen molar-refractivity contribution < 1.29 is 29.6 Å². The van der Waals surface area contributed by atoms with E-state index < -0.39 is 11.9 Å². The van der Waals surface area contributed by atoms with Crippen molar-refractivity contribution in [2.24, 2.45) is 5.92 Å². The van der Waals surface area contributed by atoms with Crippen molar-refractivity contribution in [1.82, 2.24) is 4.98 Å². The molecule has 33 heavy (non-hydrogen) atoms. The zero-order valence-corrected chi connectivity index (χ0v) is 19.0. The molecule has 7 nitrogen and oxygen atoms in total. The highest BCUT2D eigenvalue weighted by Gasteiger charge is 2.39. The Hall–Kier alpha value is -3.61. The van der Waals surface area contributed by atoms with Crippen molar-refractivity contribution >= 4 is 5.78 Å². The average Bonchev–Trinajstić information content (AvgIpc) is 3.30. The van der Waals surface area contributed by atoms with Crippen LogP contribution in [0.2, 0.25) is 0 Å². The number of Topliss-reactive ketones (excluding diaryl/α,β-unsaturated/α-hetero) is 1. The van der Waals surface area contributed by atoms with E-state index in [1.807, 2.05) is 18.5 Å². The minimum absolute atomic E-state index is 0.0134. The van der Waals surface area contributed by atoms with E-state index >= 15 is 0 Å². The number of hydrogen-bond acceptors (Lipinski definition) is 6. The first kappa shape index (κ1) is 22.6.